The Labute approximate surface area is 245 Å². The summed E-state index contributed by atoms with van der Waals surface area (Å²) >= 11 is 0. The molecule has 10 nitrogen and oxygen atoms in total. The molecule has 0 aliphatic heterocycles. The molecule has 8 aliphatic rings. The van der Waals surface area contributed by atoms with Crippen LogP contribution in [0.25, 0.3) is 0 Å². The summed E-state index contributed by atoms with van der Waals surface area (Å²) in [6.45, 7) is -1.41. The Morgan fingerprint density at radius 1 is 0.538 bits per heavy atom. The van der Waals surface area contributed by atoms with Gasteiger partial charge in [-0.25, -0.2) is 0 Å². The van der Waals surface area contributed by atoms with Crippen LogP contribution >= 0.6 is 0 Å². The Kier molecular flexibility index (Phi) is 9.87. The van der Waals surface area contributed by atoms with Crippen LogP contribution in [0.2, 0.25) is 0 Å². The number of carbonyl (C=O) groups is 4. The number of ether oxygens (including phenoxy) is 2. The molecule has 8 aliphatic carbocycles. The van der Waals surface area contributed by atoms with Crippen LogP contribution in [0.4, 0.5) is 0 Å². The zero-order chi connectivity index (χ0) is 26.9. The van der Waals surface area contributed by atoms with E-state index in [1.165, 1.54) is 38.5 Å². The molecule has 0 aromatic rings. The van der Waals surface area contributed by atoms with Gasteiger partial charge < -0.3 is 39.9 Å². The van der Waals surface area contributed by atoms with Crippen LogP contribution in [-0.4, -0.2) is 84.3 Å². The minimum Gasteiger partial charge on any atom is -0.548 e. The van der Waals surface area contributed by atoms with Gasteiger partial charge in [-0.05, 0) is 113 Å². The van der Waals surface area contributed by atoms with Gasteiger partial charge in [0.2, 0.25) is 11.8 Å². The molecule has 2 N–H and O–H groups in total. The summed E-state index contributed by atoms with van der Waals surface area (Å²) in [5, 5.41) is 26.7. The van der Waals surface area contributed by atoms with E-state index < -0.39 is 25.2 Å². The van der Waals surface area contributed by atoms with Crippen molar-refractivity contribution in [2.45, 2.75) is 88.1 Å². The number of nitrogens with one attached hydrogen (secondary N) is 2. The van der Waals surface area contributed by atoms with E-state index in [2.05, 4.69) is 10.6 Å². The number of aliphatic carboxylic acids is 2. The average Bonchev–Trinajstić information content (AvgIpc) is 2.76. The molecule has 0 radical (unpaired) electrons. The van der Waals surface area contributed by atoms with Crippen molar-refractivity contribution in [2.75, 3.05) is 26.4 Å². The summed E-state index contributed by atoms with van der Waals surface area (Å²) in [6, 6.07) is 0. The second-order valence-electron chi connectivity index (χ2n) is 13.2. The molecule has 8 rings (SSSR count). The summed E-state index contributed by atoms with van der Waals surface area (Å²) < 4.78 is 9.59. The maximum atomic E-state index is 11.9. The Morgan fingerprint density at radius 2 is 0.795 bits per heavy atom. The standard InChI is InChI=1S/2C14H21NO4.Mg/c2*16-12(7-19-8-13(17)18)15-14-4-9-1-10(5-14)3-11(2-9)6-14;/h2*9-11H,1-8H2,(H,15,16)(H,17,18);/q;;+2/p-2. The zero-order valence-electron chi connectivity index (χ0n) is 22.8. The number of rotatable bonds is 10. The van der Waals surface area contributed by atoms with Gasteiger partial charge >= 0.3 is 23.1 Å². The predicted octanol–water partition coefficient (Wildman–Crippen LogP) is -0.705. The van der Waals surface area contributed by atoms with Crippen LogP contribution in [0.3, 0.4) is 0 Å². The first-order valence-corrected chi connectivity index (χ1v) is 14.3. The summed E-state index contributed by atoms with van der Waals surface area (Å²) in [5.41, 5.74) is -0.0622. The summed E-state index contributed by atoms with van der Waals surface area (Å²) in [7, 11) is 0. The smallest absolute Gasteiger partial charge is 0.548 e. The number of amides is 2. The molecule has 39 heavy (non-hydrogen) atoms. The van der Waals surface area contributed by atoms with Crippen molar-refractivity contribution < 1.29 is 38.9 Å². The van der Waals surface area contributed by atoms with Crippen LogP contribution in [0, 0.1) is 35.5 Å². The first-order chi connectivity index (χ1) is 18.1. The molecule has 0 spiro atoms. The van der Waals surface area contributed by atoms with Crippen molar-refractivity contribution in [3.05, 3.63) is 0 Å². The van der Waals surface area contributed by atoms with Crippen LogP contribution < -0.4 is 20.8 Å². The Hall–Kier alpha value is -1.43. The molecule has 0 aromatic heterocycles. The van der Waals surface area contributed by atoms with E-state index in [-0.39, 0.29) is 59.2 Å². The van der Waals surface area contributed by atoms with Crippen molar-refractivity contribution in [2.24, 2.45) is 35.5 Å². The largest absolute Gasteiger partial charge is 2.00 e. The summed E-state index contributed by atoms with van der Waals surface area (Å²) in [6.07, 6.45) is 14.5. The minimum atomic E-state index is -1.29. The molecule has 8 bridgehead atoms. The van der Waals surface area contributed by atoms with Gasteiger partial charge in [-0.2, -0.15) is 0 Å². The van der Waals surface area contributed by atoms with Crippen LogP contribution in [0.1, 0.15) is 77.0 Å². The van der Waals surface area contributed by atoms with Gasteiger partial charge in [-0.3, -0.25) is 9.59 Å². The van der Waals surface area contributed by atoms with Crippen molar-refractivity contribution in [1.82, 2.24) is 10.6 Å². The van der Waals surface area contributed by atoms with Gasteiger partial charge in [0.15, 0.2) is 0 Å². The van der Waals surface area contributed by atoms with E-state index in [4.69, 9.17) is 9.47 Å². The van der Waals surface area contributed by atoms with Crippen LogP contribution in [0.5, 0.6) is 0 Å². The SMILES string of the molecule is O=C([O-])COCC(=O)NC12CC3CC(CC(C3)C1)C2.O=C([O-])COCC(=O)NC12CC3CC(CC(C3)C1)C2.[Mg+2]. The van der Waals surface area contributed by atoms with E-state index >= 15 is 0 Å². The van der Waals surface area contributed by atoms with Crippen molar-refractivity contribution in [3.63, 3.8) is 0 Å². The van der Waals surface area contributed by atoms with Crippen LogP contribution in [0.15, 0.2) is 0 Å². The van der Waals surface area contributed by atoms with Crippen molar-refractivity contribution in [1.29, 1.82) is 0 Å². The number of carboxylic acid groups (broad SMARTS) is 2. The van der Waals surface area contributed by atoms with E-state index in [9.17, 15) is 29.4 Å². The number of hydrogen-bond donors (Lipinski definition) is 2. The molecule has 0 aromatic carbocycles. The monoisotopic (exact) mass is 556 g/mol. The topological polar surface area (TPSA) is 157 Å². The van der Waals surface area contributed by atoms with Gasteiger partial charge in [0.25, 0.3) is 0 Å². The maximum Gasteiger partial charge on any atom is 2.00 e. The second-order valence-corrected chi connectivity index (χ2v) is 13.2. The fourth-order valence-corrected chi connectivity index (χ4v) is 9.65. The van der Waals surface area contributed by atoms with E-state index in [1.807, 2.05) is 0 Å². The third kappa shape index (κ3) is 7.86. The minimum absolute atomic E-state index is 0. The summed E-state index contributed by atoms with van der Waals surface area (Å²) in [4.78, 5) is 44.2. The van der Waals surface area contributed by atoms with Gasteiger partial charge in [-0.15, -0.1) is 0 Å². The molecule has 0 unspecified atom stereocenters. The van der Waals surface area contributed by atoms with Gasteiger partial charge in [0.1, 0.15) is 13.2 Å². The number of carbonyl (C=O) groups excluding carboxylic acids is 4. The van der Waals surface area contributed by atoms with E-state index in [0.29, 0.717) is 0 Å². The fraction of sp³-hybridized carbons (Fsp3) is 0.857. The molecule has 11 heteroatoms. The fourth-order valence-electron chi connectivity index (χ4n) is 9.65. The van der Waals surface area contributed by atoms with Crippen molar-refractivity contribution in [3.8, 4) is 0 Å². The molecular weight excluding hydrogens is 517 g/mol. The molecule has 2 amide bonds. The zero-order valence-corrected chi connectivity index (χ0v) is 24.2. The molecule has 0 heterocycles. The van der Waals surface area contributed by atoms with Crippen molar-refractivity contribution >= 4 is 46.8 Å². The Balaban J connectivity index is 0.000000176. The maximum absolute atomic E-state index is 11.9. The number of carboxylic acids is 2. The van der Waals surface area contributed by atoms with Crippen LogP contribution in [-0.2, 0) is 28.7 Å². The number of hydrogen-bond acceptors (Lipinski definition) is 8. The Morgan fingerprint density at radius 3 is 1.03 bits per heavy atom. The quantitative estimate of drug-likeness (QED) is 0.334. The molecule has 0 atom stereocenters. The predicted molar refractivity (Wildman–Crippen MR) is 135 cm³/mol. The third-order valence-electron chi connectivity index (χ3n) is 9.79. The third-order valence-corrected chi connectivity index (χ3v) is 9.79. The first-order valence-electron chi connectivity index (χ1n) is 14.3. The molecular formula is C28H40MgN2O8. The second kappa shape index (κ2) is 12.6. The normalized spacial score (nSPS) is 38.3. The molecule has 0 saturated heterocycles. The average molecular weight is 557 g/mol. The van der Waals surface area contributed by atoms with E-state index in [0.717, 1.165) is 74.0 Å². The molecule has 8 fully saturated rings. The Bertz CT molecular complexity index is 796. The molecule has 8 saturated carbocycles. The van der Waals surface area contributed by atoms with Gasteiger partial charge in [-0.1, -0.05) is 0 Å². The van der Waals surface area contributed by atoms with Gasteiger partial charge in [0, 0.05) is 11.1 Å². The molecule has 212 valence electrons. The van der Waals surface area contributed by atoms with E-state index in [1.54, 1.807) is 0 Å². The van der Waals surface area contributed by atoms with Gasteiger partial charge in [0.05, 0.1) is 25.2 Å². The summed E-state index contributed by atoms with van der Waals surface area (Å²) in [5.74, 6) is 1.68. The first kappa shape index (κ1) is 30.5.